The second-order valence-corrected chi connectivity index (χ2v) is 6.65. The molecular formula is C16H25FO. The molecule has 2 heteroatoms. The monoisotopic (exact) mass is 252 g/mol. The highest BCUT2D eigenvalue weighted by Crippen LogP contribution is 2.30. The Morgan fingerprint density at radius 1 is 1.11 bits per heavy atom. The van der Waals surface area contributed by atoms with Crippen molar-refractivity contribution in [2.24, 2.45) is 5.41 Å². The number of aliphatic hydroxyl groups is 1. The first kappa shape index (κ1) is 15.2. The Balaban J connectivity index is 2.70. The van der Waals surface area contributed by atoms with E-state index >= 15 is 0 Å². The van der Waals surface area contributed by atoms with Crippen molar-refractivity contribution in [1.82, 2.24) is 0 Å². The minimum Gasteiger partial charge on any atom is -0.385 e. The van der Waals surface area contributed by atoms with Gasteiger partial charge in [0.1, 0.15) is 5.82 Å². The Morgan fingerprint density at radius 2 is 1.72 bits per heavy atom. The summed E-state index contributed by atoms with van der Waals surface area (Å²) in [6.45, 7) is 10.1. The summed E-state index contributed by atoms with van der Waals surface area (Å²) < 4.78 is 13.5. The van der Waals surface area contributed by atoms with Gasteiger partial charge >= 0.3 is 0 Å². The molecule has 1 nitrogen and oxygen atoms in total. The van der Waals surface area contributed by atoms with Gasteiger partial charge in [-0.15, -0.1) is 0 Å². The van der Waals surface area contributed by atoms with Crippen LogP contribution in [0, 0.1) is 18.2 Å². The van der Waals surface area contributed by atoms with Crippen LogP contribution in [0.3, 0.4) is 0 Å². The maximum absolute atomic E-state index is 13.5. The van der Waals surface area contributed by atoms with Crippen LogP contribution in [-0.4, -0.2) is 5.11 Å². The van der Waals surface area contributed by atoms with Crippen molar-refractivity contribution in [3.8, 4) is 0 Å². The first-order valence-corrected chi connectivity index (χ1v) is 6.61. The van der Waals surface area contributed by atoms with Crippen LogP contribution in [0.5, 0.6) is 0 Å². The maximum atomic E-state index is 13.5. The molecule has 0 aliphatic carbocycles. The van der Waals surface area contributed by atoms with E-state index in [4.69, 9.17) is 0 Å². The van der Waals surface area contributed by atoms with Crippen molar-refractivity contribution < 1.29 is 9.50 Å². The predicted molar refractivity (Wildman–Crippen MR) is 74.0 cm³/mol. The van der Waals surface area contributed by atoms with Crippen molar-refractivity contribution in [2.45, 2.75) is 59.5 Å². The number of benzene rings is 1. The summed E-state index contributed by atoms with van der Waals surface area (Å²) in [4.78, 5) is 0. The van der Waals surface area contributed by atoms with Crippen LogP contribution in [-0.2, 0) is 5.60 Å². The van der Waals surface area contributed by atoms with E-state index in [2.05, 4.69) is 20.8 Å². The summed E-state index contributed by atoms with van der Waals surface area (Å²) in [5.74, 6) is -0.247. The van der Waals surface area contributed by atoms with Gasteiger partial charge in [-0.25, -0.2) is 4.39 Å². The van der Waals surface area contributed by atoms with Gasteiger partial charge in [-0.05, 0) is 55.7 Å². The van der Waals surface area contributed by atoms with Gasteiger partial charge in [-0.3, -0.25) is 0 Å². The van der Waals surface area contributed by atoms with E-state index < -0.39 is 5.60 Å². The Hall–Kier alpha value is -0.890. The highest BCUT2D eigenvalue weighted by Gasteiger charge is 2.24. The molecule has 1 aromatic rings. The molecule has 0 saturated carbocycles. The quantitative estimate of drug-likeness (QED) is 0.833. The fourth-order valence-electron chi connectivity index (χ4n) is 2.04. The minimum atomic E-state index is -0.945. The summed E-state index contributed by atoms with van der Waals surface area (Å²) in [6.07, 6.45) is 2.65. The Kier molecular flexibility index (Phi) is 4.55. The van der Waals surface area contributed by atoms with Gasteiger partial charge in [0.05, 0.1) is 5.60 Å². The lowest BCUT2D eigenvalue weighted by atomic mass is 9.84. The molecule has 0 radical (unpaired) electrons. The van der Waals surface area contributed by atoms with E-state index in [9.17, 15) is 9.50 Å². The molecule has 0 saturated heterocycles. The summed E-state index contributed by atoms with van der Waals surface area (Å²) in [6, 6.07) is 4.99. The van der Waals surface area contributed by atoms with E-state index in [1.165, 1.54) is 6.07 Å². The van der Waals surface area contributed by atoms with Crippen LogP contribution in [0.15, 0.2) is 18.2 Å². The number of hydrogen-bond donors (Lipinski definition) is 1. The molecule has 0 heterocycles. The molecule has 1 rings (SSSR count). The highest BCUT2D eigenvalue weighted by molar-refractivity contribution is 5.27. The van der Waals surface area contributed by atoms with E-state index in [-0.39, 0.29) is 11.2 Å². The first-order chi connectivity index (χ1) is 8.12. The molecule has 0 aliphatic rings. The standard InChI is InChI=1S/C16H25FO/c1-12-7-8-13(11-14(12)17)16(5,18)10-6-9-15(2,3)4/h7-8,11,18H,6,9-10H2,1-5H3. The SMILES string of the molecule is Cc1ccc(C(C)(O)CCCC(C)(C)C)cc1F. The third-order valence-corrected chi connectivity index (χ3v) is 3.38. The van der Waals surface area contributed by atoms with Crippen LogP contribution in [0.4, 0.5) is 4.39 Å². The molecule has 1 atom stereocenters. The van der Waals surface area contributed by atoms with Crippen LogP contribution in [0.1, 0.15) is 58.1 Å². The lowest BCUT2D eigenvalue weighted by Crippen LogP contribution is -2.22. The van der Waals surface area contributed by atoms with E-state index in [1.54, 1.807) is 19.9 Å². The zero-order chi connectivity index (χ0) is 14.0. The summed E-state index contributed by atoms with van der Waals surface area (Å²) in [5.41, 5.74) is 0.609. The highest BCUT2D eigenvalue weighted by atomic mass is 19.1. The van der Waals surface area contributed by atoms with Gasteiger partial charge in [-0.1, -0.05) is 32.9 Å². The van der Waals surface area contributed by atoms with Gasteiger partial charge in [0.2, 0.25) is 0 Å². The Labute approximate surface area is 110 Å². The fraction of sp³-hybridized carbons (Fsp3) is 0.625. The number of halogens is 1. The summed E-state index contributed by atoms with van der Waals surface area (Å²) in [7, 11) is 0. The molecule has 0 aromatic heterocycles. The molecule has 0 fully saturated rings. The van der Waals surface area contributed by atoms with Crippen LogP contribution in [0.2, 0.25) is 0 Å². The van der Waals surface area contributed by atoms with Gasteiger partial charge in [0, 0.05) is 0 Å². The van der Waals surface area contributed by atoms with E-state index in [0.29, 0.717) is 17.5 Å². The molecule has 0 aliphatic heterocycles. The van der Waals surface area contributed by atoms with Gasteiger partial charge < -0.3 is 5.11 Å². The van der Waals surface area contributed by atoms with Crippen molar-refractivity contribution in [3.63, 3.8) is 0 Å². The lowest BCUT2D eigenvalue weighted by Gasteiger charge is -2.26. The molecule has 102 valence electrons. The molecule has 0 bridgehead atoms. The van der Waals surface area contributed by atoms with Gasteiger partial charge in [0.25, 0.3) is 0 Å². The van der Waals surface area contributed by atoms with E-state index in [1.807, 2.05) is 6.07 Å². The molecule has 0 spiro atoms. The second-order valence-electron chi connectivity index (χ2n) is 6.65. The smallest absolute Gasteiger partial charge is 0.126 e. The molecular weight excluding hydrogens is 227 g/mol. The Bertz CT molecular complexity index is 402. The number of aryl methyl sites for hydroxylation is 1. The average molecular weight is 252 g/mol. The van der Waals surface area contributed by atoms with E-state index in [0.717, 1.165) is 12.8 Å². The number of rotatable bonds is 4. The van der Waals surface area contributed by atoms with Crippen molar-refractivity contribution in [2.75, 3.05) is 0 Å². The maximum Gasteiger partial charge on any atom is 0.126 e. The lowest BCUT2D eigenvalue weighted by molar-refractivity contribution is 0.0421. The van der Waals surface area contributed by atoms with Crippen molar-refractivity contribution >= 4 is 0 Å². The molecule has 0 amide bonds. The van der Waals surface area contributed by atoms with Gasteiger partial charge in [-0.2, -0.15) is 0 Å². The summed E-state index contributed by atoms with van der Waals surface area (Å²) >= 11 is 0. The van der Waals surface area contributed by atoms with Crippen molar-refractivity contribution in [3.05, 3.63) is 35.1 Å². The molecule has 1 N–H and O–H groups in total. The first-order valence-electron chi connectivity index (χ1n) is 6.61. The summed E-state index contributed by atoms with van der Waals surface area (Å²) in [5, 5.41) is 10.4. The molecule has 1 aromatic carbocycles. The predicted octanol–water partition coefficient (Wildman–Crippen LogP) is 4.56. The Morgan fingerprint density at radius 3 is 2.22 bits per heavy atom. The average Bonchev–Trinajstić information content (AvgIpc) is 2.19. The topological polar surface area (TPSA) is 20.2 Å². The van der Waals surface area contributed by atoms with Crippen molar-refractivity contribution in [1.29, 1.82) is 0 Å². The van der Waals surface area contributed by atoms with Crippen LogP contribution in [0.25, 0.3) is 0 Å². The fourth-order valence-corrected chi connectivity index (χ4v) is 2.04. The zero-order valence-electron chi connectivity index (χ0n) is 12.2. The van der Waals surface area contributed by atoms with Crippen LogP contribution >= 0.6 is 0 Å². The largest absolute Gasteiger partial charge is 0.385 e. The van der Waals surface area contributed by atoms with Crippen LogP contribution < -0.4 is 0 Å². The minimum absolute atomic E-state index is 0.247. The molecule has 18 heavy (non-hydrogen) atoms. The second kappa shape index (κ2) is 5.40. The third kappa shape index (κ3) is 4.41. The van der Waals surface area contributed by atoms with Gasteiger partial charge in [0.15, 0.2) is 0 Å². The normalized spacial score (nSPS) is 15.5. The third-order valence-electron chi connectivity index (χ3n) is 3.38. The molecule has 1 unspecified atom stereocenters. The number of hydrogen-bond acceptors (Lipinski definition) is 1. The zero-order valence-corrected chi connectivity index (χ0v) is 12.2.